The van der Waals surface area contributed by atoms with Crippen LogP contribution >= 0.6 is 0 Å². The van der Waals surface area contributed by atoms with Gasteiger partial charge in [-0.2, -0.15) is 13.2 Å². The number of hydrogen-bond acceptors (Lipinski definition) is 3. The Morgan fingerprint density at radius 1 is 1.48 bits per heavy atom. The zero-order valence-corrected chi connectivity index (χ0v) is 11.3. The molecule has 2 rings (SSSR count). The molecule has 1 aromatic rings. The van der Waals surface area contributed by atoms with Gasteiger partial charge in [0.15, 0.2) is 5.78 Å². The first-order valence-corrected chi connectivity index (χ1v) is 6.23. The number of hydrogen-bond donors (Lipinski definition) is 0. The number of carbonyl (C=O) groups excluding carboxylic acids is 2. The fraction of sp³-hybridized carbons (Fsp3) is 0.333. The molecule has 1 unspecified atom stereocenters. The molecule has 3 nitrogen and oxygen atoms in total. The van der Waals surface area contributed by atoms with E-state index in [0.29, 0.717) is 5.56 Å². The molecule has 6 heteroatoms. The zero-order chi connectivity index (χ0) is 15.8. The van der Waals surface area contributed by atoms with Crippen molar-refractivity contribution in [2.45, 2.75) is 19.5 Å². The number of ketones is 1. The van der Waals surface area contributed by atoms with E-state index in [2.05, 4.69) is 11.3 Å². The second-order valence-corrected chi connectivity index (χ2v) is 4.96. The van der Waals surface area contributed by atoms with Gasteiger partial charge in [0.25, 0.3) is 0 Å². The van der Waals surface area contributed by atoms with Crippen molar-refractivity contribution >= 4 is 11.8 Å². The van der Waals surface area contributed by atoms with Crippen molar-refractivity contribution in [2.75, 3.05) is 6.61 Å². The number of alkyl halides is 3. The summed E-state index contributed by atoms with van der Waals surface area (Å²) in [5, 5.41) is 0. The summed E-state index contributed by atoms with van der Waals surface area (Å²) in [6, 6.07) is 4.41. The van der Waals surface area contributed by atoms with Gasteiger partial charge in [-0.25, -0.2) is 0 Å². The van der Waals surface area contributed by atoms with Crippen LogP contribution in [0.4, 0.5) is 13.2 Å². The lowest BCUT2D eigenvalue weighted by molar-refractivity contribution is -0.216. The lowest BCUT2D eigenvalue weighted by Gasteiger charge is -2.27. The summed E-state index contributed by atoms with van der Waals surface area (Å²) in [5.41, 5.74) is -2.35. The van der Waals surface area contributed by atoms with Crippen molar-refractivity contribution < 1.29 is 27.5 Å². The third-order valence-corrected chi connectivity index (χ3v) is 3.52. The molecule has 0 bridgehead atoms. The van der Waals surface area contributed by atoms with Gasteiger partial charge in [0, 0.05) is 12.0 Å². The van der Waals surface area contributed by atoms with E-state index in [-0.39, 0.29) is 17.7 Å². The molecular weight excluding hydrogens is 285 g/mol. The van der Waals surface area contributed by atoms with Crippen molar-refractivity contribution in [3.8, 4) is 0 Å². The third kappa shape index (κ3) is 2.24. The molecule has 0 N–H and O–H groups in total. The third-order valence-electron chi connectivity index (χ3n) is 3.52. The Kier molecular flexibility index (Phi) is 3.65. The lowest BCUT2D eigenvalue weighted by atomic mass is 9.83. The molecule has 1 atom stereocenters. The van der Waals surface area contributed by atoms with E-state index in [1.807, 2.05) is 0 Å². The van der Waals surface area contributed by atoms with Gasteiger partial charge in [-0.05, 0) is 18.6 Å². The SMILES string of the molecule is C=CCOC(=O)C1(C(F)(F)F)Cc2ccc(C)cc2C1=O. The highest BCUT2D eigenvalue weighted by atomic mass is 19.4. The van der Waals surface area contributed by atoms with Crippen LogP contribution in [0.15, 0.2) is 30.9 Å². The number of carbonyl (C=O) groups is 2. The number of halogens is 3. The Bertz CT molecular complexity index is 619. The van der Waals surface area contributed by atoms with Crippen molar-refractivity contribution in [3.05, 3.63) is 47.5 Å². The minimum absolute atomic E-state index is 0.0668. The predicted molar refractivity (Wildman–Crippen MR) is 68.9 cm³/mol. The van der Waals surface area contributed by atoms with E-state index in [0.717, 1.165) is 6.08 Å². The molecule has 0 saturated heterocycles. The number of esters is 1. The zero-order valence-electron chi connectivity index (χ0n) is 11.3. The Balaban J connectivity index is 2.53. The van der Waals surface area contributed by atoms with Crippen LogP contribution in [-0.2, 0) is 16.0 Å². The maximum Gasteiger partial charge on any atom is 0.412 e. The molecule has 0 aromatic heterocycles. The molecule has 1 aromatic carbocycles. The molecule has 0 spiro atoms. The van der Waals surface area contributed by atoms with Gasteiger partial charge in [0.05, 0.1) is 0 Å². The van der Waals surface area contributed by atoms with Gasteiger partial charge >= 0.3 is 12.1 Å². The summed E-state index contributed by atoms with van der Waals surface area (Å²) in [5.74, 6) is -2.82. The van der Waals surface area contributed by atoms with Crippen LogP contribution in [0.1, 0.15) is 21.5 Å². The smallest absolute Gasteiger partial charge is 0.412 e. The Morgan fingerprint density at radius 3 is 2.71 bits per heavy atom. The first-order valence-electron chi connectivity index (χ1n) is 6.23. The van der Waals surface area contributed by atoms with Crippen LogP contribution in [0.5, 0.6) is 0 Å². The van der Waals surface area contributed by atoms with E-state index in [9.17, 15) is 22.8 Å². The summed E-state index contributed by atoms with van der Waals surface area (Å²) in [6.07, 6.45) is -4.59. The van der Waals surface area contributed by atoms with Gasteiger partial charge in [-0.3, -0.25) is 9.59 Å². The van der Waals surface area contributed by atoms with Crippen LogP contribution in [0.25, 0.3) is 0 Å². The van der Waals surface area contributed by atoms with Gasteiger partial charge in [0.1, 0.15) is 6.61 Å². The first kappa shape index (κ1) is 15.3. The summed E-state index contributed by atoms with van der Waals surface area (Å²) < 4.78 is 44.9. The van der Waals surface area contributed by atoms with Gasteiger partial charge in [-0.1, -0.05) is 30.4 Å². The largest absolute Gasteiger partial charge is 0.460 e. The molecule has 1 aliphatic rings. The van der Waals surface area contributed by atoms with E-state index in [1.54, 1.807) is 13.0 Å². The molecule has 21 heavy (non-hydrogen) atoms. The summed E-state index contributed by atoms with van der Waals surface area (Å²) >= 11 is 0. The minimum Gasteiger partial charge on any atom is -0.460 e. The molecule has 112 valence electrons. The highest BCUT2D eigenvalue weighted by molar-refractivity contribution is 6.16. The fourth-order valence-corrected chi connectivity index (χ4v) is 2.42. The van der Waals surface area contributed by atoms with Gasteiger partial charge < -0.3 is 4.74 Å². The van der Waals surface area contributed by atoms with E-state index < -0.39 is 29.8 Å². The number of benzene rings is 1. The van der Waals surface area contributed by atoms with Crippen LogP contribution in [0.3, 0.4) is 0 Å². The predicted octanol–water partition coefficient (Wildman–Crippen LogP) is 3.01. The van der Waals surface area contributed by atoms with Crippen molar-refractivity contribution in [1.82, 2.24) is 0 Å². The number of fused-ring (bicyclic) bond motifs is 1. The topological polar surface area (TPSA) is 43.4 Å². The molecule has 0 heterocycles. The number of Topliss-reactive ketones (excluding diaryl/α,β-unsaturated/α-hetero) is 1. The molecule has 0 aliphatic heterocycles. The molecule has 0 fully saturated rings. The van der Waals surface area contributed by atoms with Crippen LogP contribution in [-0.4, -0.2) is 24.5 Å². The normalized spacial score (nSPS) is 21.0. The van der Waals surface area contributed by atoms with Crippen LogP contribution in [0, 0.1) is 12.3 Å². The van der Waals surface area contributed by atoms with Crippen LogP contribution < -0.4 is 0 Å². The Hall–Kier alpha value is -2.11. The Morgan fingerprint density at radius 2 is 2.14 bits per heavy atom. The lowest BCUT2D eigenvalue weighted by Crippen LogP contribution is -2.50. The van der Waals surface area contributed by atoms with E-state index in [4.69, 9.17) is 0 Å². The van der Waals surface area contributed by atoms with Crippen molar-refractivity contribution in [3.63, 3.8) is 0 Å². The number of ether oxygens (including phenoxy) is 1. The fourth-order valence-electron chi connectivity index (χ4n) is 2.42. The Labute approximate surface area is 119 Å². The summed E-state index contributed by atoms with van der Waals surface area (Å²) in [6.45, 7) is 4.56. The van der Waals surface area contributed by atoms with Crippen molar-refractivity contribution in [1.29, 1.82) is 0 Å². The molecule has 0 saturated carbocycles. The second-order valence-electron chi connectivity index (χ2n) is 4.96. The minimum atomic E-state index is -5.02. The molecule has 0 radical (unpaired) electrons. The monoisotopic (exact) mass is 298 g/mol. The maximum atomic E-state index is 13.5. The van der Waals surface area contributed by atoms with Crippen LogP contribution in [0.2, 0.25) is 0 Å². The molecule has 0 amide bonds. The average molecular weight is 298 g/mol. The standard InChI is InChI=1S/C15H13F3O3/c1-3-6-21-13(20)14(15(16,17)18)8-10-5-4-9(2)7-11(10)12(14)19/h3-5,7H,1,6,8H2,2H3. The van der Waals surface area contributed by atoms with E-state index in [1.165, 1.54) is 12.1 Å². The first-order chi connectivity index (χ1) is 9.74. The van der Waals surface area contributed by atoms with Gasteiger partial charge in [-0.15, -0.1) is 0 Å². The maximum absolute atomic E-state index is 13.5. The molecular formula is C15H13F3O3. The van der Waals surface area contributed by atoms with E-state index >= 15 is 0 Å². The second kappa shape index (κ2) is 5.02. The number of aryl methyl sites for hydroxylation is 1. The van der Waals surface area contributed by atoms with Crippen molar-refractivity contribution in [2.24, 2.45) is 5.41 Å². The van der Waals surface area contributed by atoms with Gasteiger partial charge in [0.2, 0.25) is 5.41 Å². The summed E-state index contributed by atoms with van der Waals surface area (Å²) in [4.78, 5) is 24.2. The quantitative estimate of drug-likeness (QED) is 0.489. The molecule has 1 aliphatic carbocycles. The highest BCUT2D eigenvalue weighted by Crippen LogP contribution is 2.49. The average Bonchev–Trinajstić information content (AvgIpc) is 2.70. The summed E-state index contributed by atoms with van der Waals surface area (Å²) in [7, 11) is 0. The number of rotatable bonds is 3. The highest BCUT2D eigenvalue weighted by Gasteiger charge is 2.69.